The highest BCUT2D eigenvalue weighted by Gasteiger charge is 2.00. The van der Waals surface area contributed by atoms with Gasteiger partial charge in [-0.25, -0.2) is 4.79 Å². The molecule has 0 aromatic heterocycles. The fraction of sp³-hybridized carbons (Fsp3) is 0.857. The molecule has 0 aromatic rings. The minimum absolute atomic E-state index is 0.152. The number of carbonyl (C=O) groups is 1. The maximum absolute atomic E-state index is 10.4. The summed E-state index contributed by atoms with van der Waals surface area (Å²) in [5, 5.41) is 8.12. The molecule has 0 spiro atoms. The van der Waals surface area contributed by atoms with Gasteiger partial charge < -0.3 is 19.3 Å². The first kappa shape index (κ1) is 11.2. The van der Waals surface area contributed by atoms with Crippen molar-refractivity contribution in [2.24, 2.45) is 0 Å². The lowest BCUT2D eigenvalue weighted by atomic mass is 10.5. The Kier molecular flexibility index (Phi) is 7.73. The van der Waals surface area contributed by atoms with Crippen LogP contribution in [0.3, 0.4) is 0 Å². The number of hydrogen-bond donors (Lipinski definition) is 1. The summed E-state index contributed by atoms with van der Waals surface area (Å²) >= 11 is 0. The highest BCUT2D eigenvalue weighted by Crippen LogP contribution is 1.85. The molecule has 5 nitrogen and oxygen atoms in total. The van der Waals surface area contributed by atoms with Crippen molar-refractivity contribution < 1.29 is 24.1 Å². The molecule has 0 atom stereocenters. The topological polar surface area (TPSA) is 65.0 Å². The van der Waals surface area contributed by atoms with Gasteiger partial charge in [-0.1, -0.05) is 6.92 Å². The van der Waals surface area contributed by atoms with E-state index < -0.39 is 12.9 Å². The summed E-state index contributed by atoms with van der Waals surface area (Å²) in [6.45, 7) is 2.49. The van der Waals surface area contributed by atoms with Crippen molar-refractivity contribution in [1.29, 1.82) is 0 Å². The van der Waals surface area contributed by atoms with Crippen molar-refractivity contribution >= 4 is 6.16 Å². The Bertz CT molecular complexity index is 114. The number of rotatable bonds is 6. The third-order valence-electron chi connectivity index (χ3n) is 0.978. The molecule has 0 unspecified atom stereocenters. The van der Waals surface area contributed by atoms with Crippen LogP contribution in [-0.4, -0.2) is 37.9 Å². The first-order chi connectivity index (χ1) is 5.81. The van der Waals surface area contributed by atoms with E-state index >= 15 is 0 Å². The van der Waals surface area contributed by atoms with E-state index in [1.54, 1.807) is 0 Å². The van der Waals surface area contributed by atoms with Gasteiger partial charge in [0.1, 0.15) is 6.61 Å². The highest BCUT2D eigenvalue weighted by molar-refractivity contribution is 5.59. The molecule has 12 heavy (non-hydrogen) atoms. The molecule has 0 aliphatic carbocycles. The number of hydrogen-bond acceptors (Lipinski definition) is 5. The van der Waals surface area contributed by atoms with Crippen LogP contribution in [0.4, 0.5) is 4.79 Å². The molecule has 0 aromatic carbocycles. The quantitative estimate of drug-likeness (QED) is 0.365. The molecule has 5 heteroatoms. The predicted molar refractivity (Wildman–Crippen MR) is 40.6 cm³/mol. The van der Waals surface area contributed by atoms with E-state index in [2.05, 4.69) is 9.47 Å². The molecule has 0 fully saturated rings. The van der Waals surface area contributed by atoms with Gasteiger partial charge in [-0.15, -0.1) is 0 Å². The predicted octanol–water partition coefficient (Wildman–Crippen LogP) is 0.516. The normalized spacial score (nSPS) is 9.50. The van der Waals surface area contributed by atoms with Crippen LogP contribution in [0.15, 0.2) is 0 Å². The van der Waals surface area contributed by atoms with Crippen LogP contribution >= 0.6 is 0 Å². The smallest absolute Gasteiger partial charge is 0.432 e. The third kappa shape index (κ3) is 7.30. The van der Waals surface area contributed by atoms with Gasteiger partial charge in [-0.2, -0.15) is 0 Å². The zero-order valence-corrected chi connectivity index (χ0v) is 7.12. The van der Waals surface area contributed by atoms with Gasteiger partial charge in [0, 0.05) is 6.61 Å². The Morgan fingerprint density at radius 3 is 2.58 bits per heavy atom. The largest absolute Gasteiger partial charge is 0.510 e. The van der Waals surface area contributed by atoms with Crippen molar-refractivity contribution in [2.45, 2.75) is 13.3 Å². The molecule has 0 saturated carbocycles. The van der Waals surface area contributed by atoms with Gasteiger partial charge in [0.25, 0.3) is 0 Å². The number of aliphatic hydroxyl groups is 1. The van der Waals surface area contributed by atoms with Crippen molar-refractivity contribution in [3.05, 3.63) is 0 Å². The van der Waals surface area contributed by atoms with Crippen LogP contribution in [0, 0.1) is 0 Å². The summed E-state index contributed by atoms with van der Waals surface area (Å²) in [4.78, 5) is 10.4. The summed E-state index contributed by atoms with van der Waals surface area (Å²) in [5.41, 5.74) is 0. The fourth-order valence-electron chi connectivity index (χ4n) is 0.525. The minimum Gasteiger partial charge on any atom is -0.432 e. The van der Waals surface area contributed by atoms with Gasteiger partial charge in [0.15, 0.2) is 6.79 Å². The van der Waals surface area contributed by atoms with Gasteiger partial charge in [0.2, 0.25) is 0 Å². The van der Waals surface area contributed by atoms with Crippen LogP contribution in [-0.2, 0) is 14.2 Å². The third-order valence-corrected chi connectivity index (χ3v) is 0.978. The maximum atomic E-state index is 10.4. The number of carbonyl (C=O) groups excluding carboxylic acids is 1. The van der Waals surface area contributed by atoms with Crippen LogP contribution in [0.1, 0.15) is 13.3 Å². The molecule has 0 aliphatic heterocycles. The monoisotopic (exact) mass is 178 g/mol. The Hall–Kier alpha value is -0.810. The fourth-order valence-corrected chi connectivity index (χ4v) is 0.525. The van der Waals surface area contributed by atoms with Crippen LogP contribution < -0.4 is 0 Å². The Labute approximate surface area is 71.2 Å². The van der Waals surface area contributed by atoms with Crippen LogP contribution in [0.25, 0.3) is 0 Å². The molecule has 1 N–H and O–H groups in total. The molecular weight excluding hydrogens is 164 g/mol. The first-order valence-corrected chi connectivity index (χ1v) is 3.79. The summed E-state index contributed by atoms with van der Waals surface area (Å²) in [5.74, 6) is 0. The first-order valence-electron chi connectivity index (χ1n) is 3.79. The lowest BCUT2D eigenvalue weighted by Gasteiger charge is -2.03. The van der Waals surface area contributed by atoms with Gasteiger partial charge in [-0.05, 0) is 6.42 Å². The second kappa shape index (κ2) is 8.29. The zero-order valence-electron chi connectivity index (χ0n) is 7.12. The molecular formula is C7H14O5. The van der Waals surface area contributed by atoms with E-state index in [9.17, 15) is 4.79 Å². The van der Waals surface area contributed by atoms with E-state index in [0.717, 1.165) is 6.42 Å². The number of ether oxygens (including phenoxy) is 3. The lowest BCUT2D eigenvalue weighted by Crippen LogP contribution is -2.12. The molecule has 0 bridgehead atoms. The van der Waals surface area contributed by atoms with Crippen molar-refractivity contribution in [1.82, 2.24) is 0 Å². The highest BCUT2D eigenvalue weighted by atomic mass is 16.8. The molecule has 0 saturated heterocycles. The van der Waals surface area contributed by atoms with Crippen LogP contribution in [0.5, 0.6) is 0 Å². The summed E-state index contributed by atoms with van der Waals surface area (Å²) in [7, 11) is 0. The number of aliphatic hydroxyl groups excluding tert-OH is 1. The SMILES string of the molecule is CCCOCCOC(=O)OCO. The molecule has 72 valence electrons. The summed E-state index contributed by atoms with van der Waals surface area (Å²) in [6.07, 6.45) is 0.0544. The van der Waals surface area contributed by atoms with Crippen molar-refractivity contribution in [2.75, 3.05) is 26.6 Å². The van der Waals surface area contributed by atoms with E-state index in [1.165, 1.54) is 0 Å². The van der Waals surface area contributed by atoms with Gasteiger partial charge in [-0.3, -0.25) is 0 Å². The second-order valence-electron chi connectivity index (χ2n) is 1.98. The Morgan fingerprint density at radius 2 is 2.00 bits per heavy atom. The second-order valence-corrected chi connectivity index (χ2v) is 1.98. The Balaban J connectivity index is 3.03. The maximum Gasteiger partial charge on any atom is 0.510 e. The molecule has 0 rings (SSSR count). The van der Waals surface area contributed by atoms with Crippen LogP contribution in [0.2, 0.25) is 0 Å². The molecule has 0 aliphatic rings. The van der Waals surface area contributed by atoms with E-state index in [0.29, 0.717) is 13.2 Å². The van der Waals surface area contributed by atoms with Gasteiger partial charge >= 0.3 is 6.16 Å². The van der Waals surface area contributed by atoms with E-state index in [1.807, 2.05) is 6.92 Å². The average molecular weight is 178 g/mol. The molecule has 0 amide bonds. The zero-order chi connectivity index (χ0) is 9.23. The lowest BCUT2D eigenvalue weighted by molar-refractivity contribution is -0.0162. The summed E-state index contributed by atoms with van der Waals surface area (Å²) in [6, 6.07) is 0. The van der Waals surface area contributed by atoms with Crippen molar-refractivity contribution in [3.63, 3.8) is 0 Å². The Morgan fingerprint density at radius 1 is 1.25 bits per heavy atom. The summed E-state index contributed by atoms with van der Waals surface area (Å²) < 4.78 is 13.6. The van der Waals surface area contributed by atoms with E-state index in [4.69, 9.17) is 9.84 Å². The average Bonchev–Trinajstić information content (AvgIpc) is 2.05. The molecule has 0 heterocycles. The van der Waals surface area contributed by atoms with E-state index in [-0.39, 0.29) is 6.61 Å². The van der Waals surface area contributed by atoms with Crippen molar-refractivity contribution in [3.8, 4) is 0 Å². The molecule has 0 radical (unpaired) electrons. The van der Waals surface area contributed by atoms with Gasteiger partial charge in [0.05, 0.1) is 6.61 Å². The standard InChI is InChI=1S/C7H14O5/c1-2-3-10-4-5-11-7(9)12-6-8/h8H,2-6H2,1H3. The minimum atomic E-state index is -0.877.